The van der Waals surface area contributed by atoms with Crippen molar-refractivity contribution in [2.45, 2.75) is 6.61 Å². The van der Waals surface area contributed by atoms with E-state index >= 15 is 0 Å². The van der Waals surface area contributed by atoms with Crippen LogP contribution < -0.4 is 4.74 Å². The van der Waals surface area contributed by atoms with Gasteiger partial charge in [-0.15, -0.1) is 0 Å². The van der Waals surface area contributed by atoms with Crippen molar-refractivity contribution in [3.8, 4) is 5.75 Å². The molecule has 0 unspecified atom stereocenters. The summed E-state index contributed by atoms with van der Waals surface area (Å²) in [6.45, 7) is 0.388. The van der Waals surface area contributed by atoms with Crippen molar-refractivity contribution in [2.24, 2.45) is 0 Å². The van der Waals surface area contributed by atoms with Crippen LogP contribution in [0.3, 0.4) is 0 Å². The van der Waals surface area contributed by atoms with E-state index in [-0.39, 0.29) is 0 Å². The Morgan fingerprint density at radius 3 is 2.65 bits per heavy atom. The van der Waals surface area contributed by atoms with Gasteiger partial charge in [-0.25, -0.2) is 4.98 Å². The van der Waals surface area contributed by atoms with Crippen LogP contribution in [0, 0.1) is 0 Å². The van der Waals surface area contributed by atoms with Crippen LogP contribution >= 0.6 is 39.1 Å². The van der Waals surface area contributed by atoms with Gasteiger partial charge >= 0.3 is 0 Å². The highest BCUT2D eigenvalue weighted by molar-refractivity contribution is 9.10. The average molecular weight is 333 g/mol. The van der Waals surface area contributed by atoms with Crippen molar-refractivity contribution in [2.75, 3.05) is 0 Å². The molecule has 0 saturated carbocycles. The zero-order chi connectivity index (χ0) is 12.3. The summed E-state index contributed by atoms with van der Waals surface area (Å²) >= 11 is 15.1. The fourth-order valence-electron chi connectivity index (χ4n) is 1.25. The second kappa shape index (κ2) is 5.71. The monoisotopic (exact) mass is 331 g/mol. The van der Waals surface area contributed by atoms with Crippen LogP contribution in [-0.2, 0) is 6.61 Å². The Kier molecular flexibility index (Phi) is 4.26. The van der Waals surface area contributed by atoms with Crippen molar-refractivity contribution >= 4 is 39.1 Å². The summed E-state index contributed by atoms with van der Waals surface area (Å²) in [5.41, 5.74) is 0.888. The van der Waals surface area contributed by atoms with E-state index in [0.717, 1.165) is 10.2 Å². The predicted octanol–water partition coefficient (Wildman–Crippen LogP) is 4.73. The van der Waals surface area contributed by atoms with Gasteiger partial charge in [-0.1, -0.05) is 29.3 Å². The quantitative estimate of drug-likeness (QED) is 0.758. The Morgan fingerprint density at radius 1 is 1.18 bits per heavy atom. The lowest BCUT2D eigenvalue weighted by Crippen LogP contribution is -1.96. The summed E-state index contributed by atoms with van der Waals surface area (Å²) in [5, 5.41) is 1.21. The van der Waals surface area contributed by atoms with E-state index in [1.807, 2.05) is 18.2 Å². The molecule has 0 bridgehead atoms. The van der Waals surface area contributed by atoms with Crippen LogP contribution in [0.1, 0.15) is 5.56 Å². The van der Waals surface area contributed by atoms with E-state index in [4.69, 9.17) is 27.9 Å². The zero-order valence-electron chi connectivity index (χ0n) is 8.66. The Labute approximate surface area is 118 Å². The van der Waals surface area contributed by atoms with E-state index in [1.54, 1.807) is 18.3 Å². The third-order valence-corrected chi connectivity index (χ3v) is 3.17. The van der Waals surface area contributed by atoms with Crippen LogP contribution in [-0.4, -0.2) is 4.98 Å². The maximum absolute atomic E-state index is 6.03. The summed E-state index contributed by atoms with van der Waals surface area (Å²) in [6, 6.07) is 8.98. The Balaban J connectivity index is 2.04. The van der Waals surface area contributed by atoms with Gasteiger partial charge < -0.3 is 4.74 Å². The first-order valence-electron chi connectivity index (χ1n) is 4.83. The van der Waals surface area contributed by atoms with Gasteiger partial charge in [-0.05, 0) is 40.2 Å². The first-order chi connectivity index (χ1) is 8.15. The number of benzene rings is 1. The van der Waals surface area contributed by atoms with Gasteiger partial charge in [0.25, 0.3) is 0 Å². The third-order valence-electron chi connectivity index (χ3n) is 2.11. The minimum atomic E-state index is 0.388. The highest BCUT2D eigenvalue weighted by Crippen LogP contribution is 2.22. The molecule has 0 spiro atoms. The summed E-state index contributed by atoms with van der Waals surface area (Å²) in [7, 11) is 0. The van der Waals surface area contributed by atoms with E-state index in [0.29, 0.717) is 22.4 Å². The summed E-state index contributed by atoms with van der Waals surface area (Å²) in [5.74, 6) is 0.694. The molecule has 2 aromatic rings. The molecule has 2 rings (SSSR count). The summed E-state index contributed by atoms with van der Waals surface area (Å²) in [6.07, 6.45) is 1.65. The number of rotatable bonds is 3. The number of hydrogen-bond acceptors (Lipinski definition) is 2. The highest BCUT2D eigenvalue weighted by atomic mass is 79.9. The first kappa shape index (κ1) is 12.7. The van der Waals surface area contributed by atoms with E-state index in [9.17, 15) is 0 Å². The number of nitrogens with zero attached hydrogens (tertiary/aromatic N) is 1. The van der Waals surface area contributed by atoms with Gasteiger partial charge in [0, 0.05) is 15.6 Å². The Morgan fingerprint density at radius 2 is 2.00 bits per heavy atom. The molecule has 0 aliphatic heterocycles. The molecule has 17 heavy (non-hydrogen) atoms. The molecule has 0 saturated heterocycles. The second-order valence-corrected chi connectivity index (χ2v) is 5.00. The van der Waals surface area contributed by atoms with E-state index in [1.165, 1.54) is 0 Å². The van der Waals surface area contributed by atoms with Gasteiger partial charge in [-0.2, -0.15) is 0 Å². The van der Waals surface area contributed by atoms with Crippen LogP contribution in [0.25, 0.3) is 0 Å². The number of ether oxygens (including phenoxy) is 1. The predicted molar refractivity (Wildman–Crippen MR) is 72.7 cm³/mol. The van der Waals surface area contributed by atoms with Crippen LogP contribution in [0.2, 0.25) is 10.0 Å². The number of aromatic nitrogens is 1. The molecule has 0 aliphatic rings. The average Bonchev–Trinajstić information content (AvgIpc) is 2.30. The van der Waals surface area contributed by atoms with Crippen molar-refractivity contribution < 1.29 is 4.74 Å². The smallest absolute Gasteiger partial charge is 0.138 e. The van der Waals surface area contributed by atoms with Crippen molar-refractivity contribution in [1.82, 2.24) is 4.98 Å². The van der Waals surface area contributed by atoms with Crippen LogP contribution in [0.4, 0.5) is 0 Å². The van der Waals surface area contributed by atoms with Crippen molar-refractivity contribution in [3.05, 3.63) is 56.7 Å². The molecule has 0 fully saturated rings. The molecule has 0 aliphatic carbocycles. The molecule has 1 heterocycles. The SMILES string of the molecule is Clc1ccc(COc2ccc(Br)nc2)c(Cl)c1. The minimum Gasteiger partial charge on any atom is -0.487 e. The summed E-state index contributed by atoms with van der Waals surface area (Å²) in [4.78, 5) is 4.07. The summed E-state index contributed by atoms with van der Waals surface area (Å²) < 4.78 is 6.33. The van der Waals surface area contributed by atoms with Crippen molar-refractivity contribution in [3.63, 3.8) is 0 Å². The lowest BCUT2D eigenvalue weighted by molar-refractivity contribution is 0.305. The second-order valence-electron chi connectivity index (χ2n) is 3.34. The van der Waals surface area contributed by atoms with Gasteiger partial charge in [0.15, 0.2) is 0 Å². The topological polar surface area (TPSA) is 22.1 Å². The minimum absolute atomic E-state index is 0.388. The van der Waals surface area contributed by atoms with Gasteiger partial charge in [-0.3, -0.25) is 0 Å². The largest absolute Gasteiger partial charge is 0.487 e. The number of halogens is 3. The molecule has 2 nitrogen and oxygen atoms in total. The van der Waals surface area contributed by atoms with Gasteiger partial charge in [0.1, 0.15) is 17.0 Å². The van der Waals surface area contributed by atoms with Gasteiger partial charge in [0.2, 0.25) is 0 Å². The third kappa shape index (κ3) is 3.60. The van der Waals surface area contributed by atoms with Gasteiger partial charge in [0.05, 0.1) is 6.20 Å². The van der Waals surface area contributed by atoms with Crippen LogP contribution in [0.5, 0.6) is 5.75 Å². The Bertz CT molecular complexity index is 516. The fraction of sp³-hybridized carbons (Fsp3) is 0.0833. The standard InChI is InChI=1S/C12H8BrCl2NO/c13-12-4-3-10(6-16-12)17-7-8-1-2-9(14)5-11(8)15/h1-6H,7H2. The highest BCUT2D eigenvalue weighted by Gasteiger charge is 2.02. The molecular weight excluding hydrogens is 325 g/mol. The number of hydrogen-bond donors (Lipinski definition) is 0. The molecule has 0 amide bonds. The molecule has 1 aromatic carbocycles. The lowest BCUT2D eigenvalue weighted by Gasteiger charge is -2.07. The molecule has 0 radical (unpaired) electrons. The normalized spacial score (nSPS) is 10.3. The molecule has 1 aromatic heterocycles. The van der Waals surface area contributed by atoms with E-state index in [2.05, 4.69) is 20.9 Å². The van der Waals surface area contributed by atoms with Crippen molar-refractivity contribution in [1.29, 1.82) is 0 Å². The molecule has 5 heteroatoms. The molecule has 0 N–H and O–H groups in total. The van der Waals surface area contributed by atoms with Crippen LogP contribution in [0.15, 0.2) is 41.1 Å². The zero-order valence-corrected chi connectivity index (χ0v) is 11.8. The number of pyridine rings is 1. The maximum atomic E-state index is 6.03. The fourth-order valence-corrected chi connectivity index (χ4v) is 1.95. The first-order valence-corrected chi connectivity index (χ1v) is 6.38. The molecule has 88 valence electrons. The molecule has 0 atom stereocenters. The maximum Gasteiger partial charge on any atom is 0.138 e. The Hall–Kier alpha value is -0.770. The lowest BCUT2D eigenvalue weighted by atomic mass is 10.2. The van der Waals surface area contributed by atoms with E-state index < -0.39 is 0 Å². The molecular formula is C12H8BrCl2NO.